The highest BCUT2D eigenvalue weighted by atomic mass is 16.6. The van der Waals surface area contributed by atoms with E-state index in [1.807, 2.05) is 0 Å². The molecular weight excluding hydrogens is 276 g/mol. The van der Waals surface area contributed by atoms with E-state index in [1.165, 1.54) is 16.9 Å². The van der Waals surface area contributed by atoms with Crippen LogP contribution in [0, 0.1) is 17.0 Å². The Morgan fingerprint density at radius 1 is 1.52 bits per heavy atom. The maximum Gasteiger partial charge on any atom is 0.330 e. The molecule has 21 heavy (non-hydrogen) atoms. The summed E-state index contributed by atoms with van der Waals surface area (Å²) in [5.41, 5.74) is 0.907. The van der Waals surface area contributed by atoms with Gasteiger partial charge in [0.05, 0.1) is 11.1 Å². The lowest BCUT2D eigenvalue weighted by atomic mass is 10.1. The summed E-state index contributed by atoms with van der Waals surface area (Å²) in [6.07, 6.45) is 2.96. The van der Waals surface area contributed by atoms with Crippen LogP contribution in [0.1, 0.15) is 17.2 Å². The second-order valence-electron chi connectivity index (χ2n) is 4.59. The summed E-state index contributed by atoms with van der Waals surface area (Å²) in [4.78, 5) is 22.0. The Kier molecular flexibility index (Phi) is 3.88. The molecule has 0 bridgehead atoms. The minimum Gasteiger partial charge on any atom is -0.479 e. The van der Waals surface area contributed by atoms with Crippen molar-refractivity contribution in [2.24, 2.45) is 7.05 Å². The van der Waals surface area contributed by atoms with Crippen LogP contribution in [-0.2, 0) is 11.8 Å². The van der Waals surface area contributed by atoms with Crippen LogP contribution < -0.4 is 5.32 Å². The second-order valence-corrected chi connectivity index (χ2v) is 4.59. The number of aromatic nitrogens is 2. The van der Waals surface area contributed by atoms with Crippen molar-refractivity contribution in [3.8, 4) is 0 Å². The van der Waals surface area contributed by atoms with E-state index in [1.54, 1.807) is 32.3 Å². The molecule has 1 aromatic carbocycles. The minimum absolute atomic E-state index is 0.132. The number of aryl methyl sites for hydroxylation is 2. The zero-order chi connectivity index (χ0) is 15.6. The van der Waals surface area contributed by atoms with E-state index in [9.17, 15) is 20.0 Å². The maximum atomic E-state index is 11.4. The molecule has 2 N–H and O–H groups in total. The number of carbonyl (C=O) groups is 1. The van der Waals surface area contributed by atoms with Gasteiger partial charge in [0.1, 0.15) is 5.69 Å². The van der Waals surface area contributed by atoms with Crippen LogP contribution in [0.15, 0.2) is 30.6 Å². The molecular formula is C13H14N4O4. The normalized spacial score (nSPS) is 11.9. The van der Waals surface area contributed by atoms with E-state index in [0.717, 1.165) is 0 Å². The highest BCUT2D eigenvalue weighted by Gasteiger charge is 2.25. The molecule has 0 fully saturated rings. The fourth-order valence-corrected chi connectivity index (χ4v) is 2.05. The summed E-state index contributed by atoms with van der Waals surface area (Å²) in [5.74, 6) is -1.14. The zero-order valence-electron chi connectivity index (χ0n) is 11.5. The van der Waals surface area contributed by atoms with Crippen molar-refractivity contribution in [1.29, 1.82) is 0 Å². The molecule has 110 valence electrons. The van der Waals surface area contributed by atoms with Gasteiger partial charge >= 0.3 is 5.97 Å². The van der Waals surface area contributed by atoms with E-state index < -0.39 is 16.9 Å². The van der Waals surface area contributed by atoms with E-state index in [2.05, 4.69) is 10.4 Å². The Morgan fingerprint density at radius 3 is 2.76 bits per heavy atom. The number of nitrogens with zero attached hydrogens (tertiary/aromatic N) is 3. The molecule has 0 saturated carbocycles. The number of para-hydroxylation sites is 1. The van der Waals surface area contributed by atoms with Gasteiger partial charge in [0, 0.05) is 24.4 Å². The Morgan fingerprint density at radius 2 is 2.24 bits per heavy atom. The smallest absolute Gasteiger partial charge is 0.330 e. The predicted molar refractivity (Wildman–Crippen MR) is 75.0 cm³/mol. The Labute approximate surface area is 120 Å². The van der Waals surface area contributed by atoms with Gasteiger partial charge in [-0.05, 0) is 13.0 Å². The predicted octanol–water partition coefficient (Wildman–Crippen LogP) is 1.87. The van der Waals surface area contributed by atoms with Gasteiger partial charge in [0.15, 0.2) is 6.04 Å². The van der Waals surface area contributed by atoms with Gasteiger partial charge in [-0.3, -0.25) is 14.8 Å². The lowest BCUT2D eigenvalue weighted by Gasteiger charge is -2.15. The molecule has 0 radical (unpaired) electrons. The number of benzene rings is 1. The average molecular weight is 290 g/mol. The van der Waals surface area contributed by atoms with Crippen molar-refractivity contribution in [3.63, 3.8) is 0 Å². The summed E-state index contributed by atoms with van der Waals surface area (Å²) in [6, 6.07) is 3.60. The third kappa shape index (κ3) is 2.99. The molecule has 0 aliphatic rings. The van der Waals surface area contributed by atoms with E-state index in [4.69, 9.17) is 0 Å². The summed E-state index contributed by atoms with van der Waals surface area (Å²) >= 11 is 0. The molecule has 0 spiro atoms. The van der Waals surface area contributed by atoms with Gasteiger partial charge in [-0.25, -0.2) is 4.79 Å². The van der Waals surface area contributed by atoms with Crippen LogP contribution in [0.3, 0.4) is 0 Å². The SMILES string of the molecule is Cc1cccc(NC(C(=O)O)c2cnn(C)c2)c1[N+](=O)[O-]. The second kappa shape index (κ2) is 5.61. The zero-order valence-corrected chi connectivity index (χ0v) is 11.5. The number of rotatable bonds is 5. The summed E-state index contributed by atoms with van der Waals surface area (Å²) < 4.78 is 1.47. The Bertz CT molecular complexity index is 695. The number of carboxylic acid groups (broad SMARTS) is 1. The molecule has 1 atom stereocenters. The van der Waals surface area contributed by atoms with Crippen LogP contribution in [-0.4, -0.2) is 25.8 Å². The number of anilines is 1. The van der Waals surface area contributed by atoms with Crippen LogP contribution in [0.5, 0.6) is 0 Å². The third-order valence-electron chi connectivity index (χ3n) is 3.03. The van der Waals surface area contributed by atoms with Crippen molar-refractivity contribution in [2.45, 2.75) is 13.0 Å². The first-order valence-corrected chi connectivity index (χ1v) is 6.12. The fourth-order valence-electron chi connectivity index (χ4n) is 2.05. The number of aliphatic carboxylic acids is 1. The monoisotopic (exact) mass is 290 g/mol. The molecule has 1 unspecified atom stereocenters. The fraction of sp³-hybridized carbons (Fsp3) is 0.231. The standard InChI is InChI=1S/C13H14N4O4/c1-8-4-3-5-10(12(8)17(20)21)15-11(13(18)19)9-6-14-16(2)7-9/h3-7,11,15H,1-2H3,(H,18,19). The number of carboxylic acids is 1. The molecule has 2 rings (SSSR count). The number of nitro groups is 1. The Balaban J connectivity index is 2.41. The van der Waals surface area contributed by atoms with Crippen LogP contribution in [0.25, 0.3) is 0 Å². The molecule has 1 aromatic heterocycles. The van der Waals surface area contributed by atoms with Gasteiger partial charge in [-0.2, -0.15) is 5.10 Å². The van der Waals surface area contributed by atoms with E-state index >= 15 is 0 Å². The van der Waals surface area contributed by atoms with Crippen molar-refractivity contribution < 1.29 is 14.8 Å². The minimum atomic E-state index is -1.14. The summed E-state index contributed by atoms with van der Waals surface area (Å²) in [5, 5.41) is 27.1. The van der Waals surface area contributed by atoms with Crippen LogP contribution in [0.4, 0.5) is 11.4 Å². The number of hydrogen-bond donors (Lipinski definition) is 2. The molecule has 8 nitrogen and oxygen atoms in total. The summed E-state index contributed by atoms with van der Waals surface area (Å²) in [6.45, 7) is 1.60. The van der Waals surface area contributed by atoms with Gasteiger partial charge in [0.25, 0.3) is 5.69 Å². The van der Waals surface area contributed by atoms with E-state index in [-0.39, 0.29) is 11.4 Å². The van der Waals surface area contributed by atoms with Gasteiger partial charge < -0.3 is 10.4 Å². The van der Waals surface area contributed by atoms with Crippen molar-refractivity contribution in [1.82, 2.24) is 9.78 Å². The van der Waals surface area contributed by atoms with Crippen molar-refractivity contribution >= 4 is 17.3 Å². The number of hydrogen-bond acceptors (Lipinski definition) is 5. The first-order chi connectivity index (χ1) is 9.90. The maximum absolute atomic E-state index is 11.4. The molecule has 8 heteroatoms. The number of nitrogens with one attached hydrogen (secondary N) is 1. The van der Waals surface area contributed by atoms with Crippen LogP contribution in [0.2, 0.25) is 0 Å². The quantitative estimate of drug-likeness (QED) is 0.642. The molecule has 0 amide bonds. The van der Waals surface area contributed by atoms with Crippen molar-refractivity contribution in [2.75, 3.05) is 5.32 Å². The highest BCUT2D eigenvalue weighted by Crippen LogP contribution is 2.31. The Hall–Kier alpha value is -2.90. The van der Waals surface area contributed by atoms with Gasteiger partial charge in [0.2, 0.25) is 0 Å². The first-order valence-electron chi connectivity index (χ1n) is 6.12. The lowest BCUT2D eigenvalue weighted by Crippen LogP contribution is -2.20. The van der Waals surface area contributed by atoms with Crippen molar-refractivity contribution in [3.05, 3.63) is 51.8 Å². The topological polar surface area (TPSA) is 110 Å². The lowest BCUT2D eigenvalue weighted by molar-refractivity contribution is -0.384. The molecule has 0 aliphatic carbocycles. The third-order valence-corrected chi connectivity index (χ3v) is 3.03. The highest BCUT2D eigenvalue weighted by molar-refractivity contribution is 5.81. The number of nitro benzene ring substituents is 1. The van der Waals surface area contributed by atoms with Crippen LogP contribution >= 0.6 is 0 Å². The van der Waals surface area contributed by atoms with E-state index in [0.29, 0.717) is 11.1 Å². The first kappa shape index (κ1) is 14.5. The molecule has 0 saturated heterocycles. The summed E-state index contributed by atoms with van der Waals surface area (Å²) in [7, 11) is 1.66. The molecule has 0 aliphatic heterocycles. The molecule has 2 aromatic rings. The molecule has 1 heterocycles. The average Bonchev–Trinajstić information content (AvgIpc) is 2.81. The van der Waals surface area contributed by atoms with Gasteiger partial charge in [-0.1, -0.05) is 12.1 Å². The largest absolute Gasteiger partial charge is 0.479 e. The van der Waals surface area contributed by atoms with Gasteiger partial charge in [-0.15, -0.1) is 0 Å².